The van der Waals surface area contributed by atoms with Crippen molar-refractivity contribution in [3.63, 3.8) is 0 Å². The van der Waals surface area contributed by atoms with Gasteiger partial charge in [0.25, 0.3) is 0 Å². The highest BCUT2D eigenvalue weighted by Gasteiger charge is 2.40. The van der Waals surface area contributed by atoms with E-state index in [4.69, 9.17) is 0 Å². The van der Waals surface area contributed by atoms with Crippen LogP contribution in [0.2, 0.25) is 5.04 Å². The predicted octanol–water partition coefficient (Wildman–Crippen LogP) is 4.52. The van der Waals surface area contributed by atoms with Crippen LogP contribution in [0, 0.1) is 6.92 Å². The van der Waals surface area contributed by atoms with Crippen molar-refractivity contribution in [2.24, 2.45) is 0 Å². The minimum Gasteiger partial charge on any atom is -0.383 e. The molecule has 2 heteroatoms. The number of hydrogen-bond donors (Lipinski definition) is 1. The topological polar surface area (TPSA) is 12.0 Å². The third kappa shape index (κ3) is 3.07. The molecule has 0 fully saturated rings. The normalized spacial score (nSPS) is 22.5. The maximum absolute atomic E-state index is 3.80. The first-order valence-electron chi connectivity index (χ1n) is 8.08. The van der Waals surface area contributed by atoms with Gasteiger partial charge in [0.2, 0.25) is 0 Å². The van der Waals surface area contributed by atoms with Gasteiger partial charge in [-0.3, -0.25) is 0 Å². The summed E-state index contributed by atoms with van der Waals surface area (Å²) in [6.45, 7) is 18.2. The summed E-state index contributed by atoms with van der Waals surface area (Å²) in [7, 11) is 0.750. The van der Waals surface area contributed by atoms with Gasteiger partial charge in [-0.15, -0.1) is 0 Å². The molecule has 1 N–H and O–H groups in total. The zero-order chi connectivity index (χ0) is 16.7. The number of benzene rings is 1. The monoisotopic (exact) mass is 311 g/mol. The Balaban J connectivity index is 2.47. The first-order valence-corrected chi connectivity index (χ1v) is 9.08. The lowest BCUT2D eigenvalue weighted by atomic mass is 9.98. The van der Waals surface area contributed by atoms with Crippen LogP contribution in [0.1, 0.15) is 54.0 Å². The Kier molecular flexibility index (Phi) is 4.45. The maximum atomic E-state index is 3.80. The van der Waals surface area contributed by atoms with Gasteiger partial charge in [-0.05, 0) is 59.6 Å². The van der Waals surface area contributed by atoms with Crippen LogP contribution in [0.4, 0.5) is 0 Å². The van der Waals surface area contributed by atoms with Gasteiger partial charge in [0, 0.05) is 16.3 Å². The quantitative estimate of drug-likeness (QED) is 0.810. The first kappa shape index (κ1) is 17.1. The van der Waals surface area contributed by atoms with Gasteiger partial charge in [0.15, 0.2) is 0 Å². The molecule has 0 spiro atoms. The molecule has 2 radical (unpaired) electrons. The van der Waals surface area contributed by atoms with Crippen LogP contribution in [0.5, 0.6) is 0 Å². The lowest BCUT2D eigenvalue weighted by Gasteiger charge is -2.36. The fraction of sp³-hybridized carbons (Fsp3) is 0.500. The molecule has 0 saturated heterocycles. The molecule has 1 atom stereocenters. The lowest BCUT2D eigenvalue weighted by Crippen LogP contribution is -2.42. The molecule has 1 aliphatic rings. The fourth-order valence-electron chi connectivity index (χ4n) is 3.14. The van der Waals surface area contributed by atoms with Crippen molar-refractivity contribution in [1.82, 2.24) is 5.32 Å². The molecule has 0 saturated carbocycles. The van der Waals surface area contributed by atoms with E-state index in [9.17, 15) is 0 Å². The molecule has 0 aromatic heterocycles. The molecule has 2 rings (SSSR count). The van der Waals surface area contributed by atoms with Crippen LogP contribution in [-0.2, 0) is 0 Å². The van der Waals surface area contributed by atoms with E-state index in [-0.39, 0.29) is 10.6 Å². The van der Waals surface area contributed by atoms with Gasteiger partial charge < -0.3 is 5.32 Å². The maximum Gasteiger partial charge on any atom is 0.101 e. The Labute approximate surface area is 138 Å². The highest BCUT2D eigenvalue weighted by Crippen LogP contribution is 2.50. The lowest BCUT2D eigenvalue weighted by molar-refractivity contribution is 0.453. The molecule has 0 heterocycles. The second-order valence-corrected chi connectivity index (χ2v) is 9.48. The molecule has 0 aliphatic heterocycles. The van der Waals surface area contributed by atoms with E-state index < -0.39 is 0 Å². The molecule has 1 aliphatic carbocycles. The summed E-state index contributed by atoms with van der Waals surface area (Å²) in [6, 6.07) is 8.79. The summed E-state index contributed by atoms with van der Waals surface area (Å²) in [6.07, 6.45) is 0. The predicted molar refractivity (Wildman–Crippen MR) is 98.9 cm³/mol. The summed E-state index contributed by atoms with van der Waals surface area (Å²) >= 11 is 0. The van der Waals surface area contributed by atoms with Crippen LogP contribution < -0.4 is 10.5 Å². The summed E-state index contributed by atoms with van der Waals surface area (Å²) in [5.41, 5.74) is 7.28. The van der Waals surface area contributed by atoms with Crippen LogP contribution >= 0.6 is 0 Å². The Bertz CT molecular complexity index is 646. The van der Waals surface area contributed by atoms with Crippen molar-refractivity contribution in [3.05, 3.63) is 52.2 Å². The zero-order valence-corrected chi connectivity index (χ0v) is 16.3. The highest BCUT2D eigenvalue weighted by atomic mass is 28.2. The largest absolute Gasteiger partial charge is 0.383 e. The molecule has 0 bridgehead atoms. The van der Waals surface area contributed by atoms with Gasteiger partial charge in [0.1, 0.15) is 9.52 Å². The average molecular weight is 312 g/mol. The SMILES string of the molecule is CC1=C(C)C(C)([Si]c2ccccc2C)C(NC(C)(C)C)=C1C. The number of hydrogen-bond acceptors (Lipinski definition) is 1. The molecule has 118 valence electrons. The Morgan fingerprint density at radius 1 is 0.955 bits per heavy atom. The van der Waals surface area contributed by atoms with Crippen molar-refractivity contribution in [2.75, 3.05) is 0 Å². The number of rotatable bonds is 3. The van der Waals surface area contributed by atoms with Crippen LogP contribution in [-0.4, -0.2) is 15.1 Å². The molecule has 1 nitrogen and oxygen atoms in total. The fourth-order valence-corrected chi connectivity index (χ4v) is 4.89. The third-order valence-electron chi connectivity index (χ3n) is 4.78. The molecular weight excluding hydrogens is 282 g/mol. The Morgan fingerprint density at radius 2 is 1.55 bits per heavy atom. The summed E-state index contributed by atoms with van der Waals surface area (Å²) in [4.78, 5) is 0. The van der Waals surface area contributed by atoms with Crippen molar-refractivity contribution in [3.8, 4) is 0 Å². The van der Waals surface area contributed by atoms with E-state index in [2.05, 4.69) is 85.0 Å². The van der Waals surface area contributed by atoms with E-state index in [1.807, 2.05) is 0 Å². The molecule has 1 aromatic carbocycles. The van der Waals surface area contributed by atoms with Crippen molar-refractivity contribution >= 4 is 14.7 Å². The van der Waals surface area contributed by atoms with Gasteiger partial charge in [-0.25, -0.2) is 0 Å². The molecule has 1 unspecified atom stereocenters. The van der Waals surface area contributed by atoms with Crippen LogP contribution in [0.25, 0.3) is 0 Å². The summed E-state index contributed by atoms with van der Waals surface area (Å²) < 4.78 is 0. The number of nitrogens with one attached hydrogen (secondary N) is 1. The van der Waals surface area contributed by atoms with Gasteiger partial charge in [0.05, 0.1) is 0 Å². The van der Waals surface area contributed by atoms with E-state index >= 15 is 0 Å². The Hall–Kier alpha value is -1.28. The average Bonchev–Trinajstić information content (AvgIpc) is 2.56. The van der Waals surface area contributed by atoms with E-state index in [1.165, 1.54) is 33.2 Å². The summed E-state index contributed by atoms with van der Waals surface area (Å²) in [5, 5.41) is 5.37. The second-order valence-electron chi connectivity index (χ2n) is 7.69. The van der Waals surface area contributed by atoms with E-state index in [1.54, 1.807) is 0 Å². The third-order valence-corrected chi connectivity index (χ3v) is 6.74. The smallest absolute Gasteiger partial charge is 0.101 e. The van der Waals surface area contributed by atoms with Gasteiger partial charge in [-0.1, -0.05) is 47.5 Å². The molecule has 0 amide bonds. The second kappa shape index (κ2) is 5.73. The van der Waals surface area contributed by atoms with Crippen LogP contribution in [0.3, 0.4) is 0 Å². The molecular formula is C20H29NSi. The number of aryl methyl sites for hydroxylation is 1. The van der Waals surface area contributed by atoms with Gasteiger partial charge in [-0.2, -0.15) is 0 Å². The van der Waals surface area contributed by atoms with Crippen molar-refractivity contribution < 1.29 is 0 Å². The zero-order valence-electron chi connectivity index (χ0n) is 15.3. The van der Waals surface area contributed by atoms with E-state index in [0.717, 1.165) is 9.52 Å². The number of allylic oxidation sites excluding steroid dienone is 3. The van der Waals surface area contributed by atoms with Gasteiger partial charge >= 0.3 is 0 Å². The van der Waals surface area contributed by atoms with E-state index in [0.29, 0.717) is 0 Å². The minimum atomic E-state index is 0.0823. The van der Waals surface area contributed by atoms with Crippen molar-refractivity contribution in [1.29, 1.82) is 0 Å². The molecule has 1 aromatic rings. The standard InChI is InChI=1S/C20H29NSi/c1-13-11-9-10-12-17(13)22-20(8)16(4)14(2)15(3)18(20)21-19(5,6)7/h9-12,21H,1-8H3. The summed E-state index contributed by atoms with van der Waals surface area (Å²) in [5.74, 6) is 0. The molecule has 22 heavy (non-hydrogen) atoms. The highest BCUT2D eigenvalue weighted by molar-refractivity contribution is 6.59. The Morgan fingerprint density at radius 3 is 2.09 bits per heavy atom. The van der Waals surface area contributed by atoms with Crippen LogP contribution in [0.15, 0.2) is 46.7 Å². The minimum absolute atomic E-state index is 0.0823. The van der Waals surface area contributed by atoms with Crippen molar-refractivity contribution in [2.45, 2.75) is 66.0 Å². The first-order chi connectivity index (χ1) is 10.1.